The van der Waals surface area contributed by atoms with Gasteiger partial charge in [0.25, 0.3) is 5.91 Å². The summed E-state index contributed by atoms with van der Waals surface area (Å²) in [6.45, 7) is 3.92. The van der Waals surface area contributed by atoms with E-state index in [4.69, 9.17) is 11.6 Å². The maximum absolute atomic E-state index is 12.5. The lowest BCUT2D eigenvalue weighted by molar-refractivity contribution is 0.102. The highest BCUT2D eigenvalue weighted by Gasteiger charge is 2.19. The molecule has 0 bridgehead atoms. The third-order valence-corrected chi connectivity index (χ3v) is 4.17. The summed E-state index contributed by atoms with van der Waals surface area (Å²) in [6, 6.07) is 5.88. The molecule has 0 atom stereocenters. The minimum atomic E-state index is -0.252. The molecule has 0 saturated heterocycles. The van der Waals surface area contributed by atoms with E-state index in [1.807, 2.05) is 37.4 Å². The van der Waals surface area contributed by atoms with Gasteiger partial charge in [-0.1, -0.05) is 29.8 Å². The van der Waals surface area contributed by atoms with Crippen molar-refractivity contribution in [3.05, 3.63) is 51.7 Å². The summed E-state index contributed by atoms with van der Waals surface area (Å²) in [5.41, 5.74) is 3.21. The molecule has 0 aliphatic heterocycles. The fraction of sp³-hybridized carbons (Fsp3) is 0.143. The molecule has 0 radical (unpaired) electrons. The number of hydrogen-bond donors (Lipinski definition) is 1. The summed E-state index contributed by atoms with van der Waals surface area (Å²) in [6.07, 6.45) is 1.79. The smallest absolute Gasteiger partial charge is 0.275 e. The quantitative estimate of drug-likeness (QED) is 0.780. The Bertz CT molecular complexity index is 786. The Morgan fingerprint density at radius 2 is 2.05 bits per heavy atom. The molecule has 6 heteroatoms. The molecule has 102 valence electrons. The molecule has 2 heterocycles. The van der Waals surface area contributed by atoms with Gasteiger partial charge in [0.1, 0.15) is 0 Å². The number of nitrogens with one attached hydrogen (secondary N) is 1. The number of para-hydroxylation sites is 1. The van der Waals surface area contributed by atoms with E-state index in [1.54, 1.807) is 10.6 Å². The van der Waals surface area contributed by atoms with Crippen molar-refractivity contribution in [1.29, 1.82) is 0 Å². The zero-order chi connectivity index (χ0) is 14.3. The monoisotopic (exact) mass is 305 g/mol. The first kappa shape index (κ1) is 13.1. The summed E-state index contributed by atoms with van der Waals surface area (Å²) in [5, 5.41) is 5.02. The minimum absolute atomic E-state index is 0.223. The van der Waals surface area contributed by atoms with Crippen LogP contribution < -0.4 is 5.32 Å². The summed E-state index contributed by atoms with van der Waals surface area (Å²) in [4.78, 5) is 17.3. The fourth-order valence-electron chi connectivity index (χ4n) is 2.15. The lowest BCUT2D eigenvalue weighted by Gasteiger charge is -2.11. The molecule has 0 aliphatic rings. The van der Waals surface area contributed by atoms with Gasteiger partial charge >= 0.3 is 0 Å². The lowest BCUT2D eigenvalue weighted by Crippen LogP contribution is -2.16. The molecule has 2 aromatic heterocycles. The maximum Gasteiger partial charge on any atom is 0.275 e. The third kappa shape index (κ3) is 2.09. The number of halogens is 1. The highest BCUT2D eigenvalue weighted by molar-refractivity contribution is 7.15. The summed E-state index contributed by atoms with van der Waals surface area (Å²) < 4.78 is 1.70. The van der Waals surface area contributed by atoms with Crippen LogP contribution in [0, 0.1) is 13.8 Å². The second-order valence-electron chi connectivity index (χ2n) is 4.53. The van der Waals surface area contributed by atoms with Crippen molar-refractivity contribution in [2.75, 3.05) is 5.32 Å². The molecule has 1 aromatic carbocycles. The van der Waals surface area contributed by atoms with Gasteiger partial charge in [0.2, 0.25) is 0 Å². The van der Waals surface area contributed by atoms with E-state index in [-0.39, 0.29) is 11.1 Å². The van der Waals surface area contributed by atoms with Crippen LogP contribution in [-0.2, 0) is 0 Å². The Labute approximate surface area is 125 Å². The number of imidazole rings is 1. The van der Waals surface area contributed by atoms with Gasteiger partial charge in [-0.15, -0.1) is 11.3 Å². The van der Waals surface area contributed by atoms with Crippen molar-refractivity contribution < 1.29 is 4.79 Å². The largest absolute Gasteiger partial charge is 0.320 e. The first-order valence-electron chi connectivity index (χ1n) is 6.06. The first-order valence-corrected chi connectivity index (χ1v) is 7.32. The average molecular weight is 306 g/mol. The SMILES string of the molecule is Cc1cccc(C)c1NC(=O)c1c(Cl)nc2sccn12. The van der Waals surface area contributed by atoms with Crippen molar-refractivity contribution >= 4 is 39.5 Å². The topological polar surface area (TPSA) is 46.4 Å². The average Bonchev–Trinajstić information content (AvgIpc) is 2.93. The van der Waals surface area contributed by atoms with Crippen LogP contribution in [0.4, 0.5) is 5.69 Å². The van der Waals surface area contributed by atoms with E-state index in [1.165, 1.54) is 11.3 Å². The highest BCUT2D eigenvalue weighted by Crippen LogP contribution is 2.24. The standard InChI is InChI=1S/C14H12ClN3OS/c1-8-4-3-5-9(2)10(8)16-13(19)11-12(15)17-14-18(11)6-7-20-14/h3-7H,1-2H3,(H,16,19). The van der Waals surface area contributed by atoms with Crippen molar-refractivity contribution in [1.82, 2.24) is 9.38 Å². The van der Waals surface area contributed by atoms with Gasteiger partial charge in [-0.3, -0.25) is 9.20 Å². The molecule has 0 unspecified atom stereocenters. The zero-order valence-corrected chi connectivity index (χ0v) is 12.5. The number of aryl methyl sites for hydroxylation is 2. The maximum atomic E-state index is 12.5. The Balaban J connectivity index is 2.01. The molecular weight excluding hydrogens is 294 g/mol. The number of aromatic nitrogens is 2. The predicted octanol–water partition coefficient (Wildman–Crippen LogP) is 3.92. The number of benzene rings is 1. The number of thiazole rings is 1. The third-order valence-electron chi connectivity index (χ3n) is 3.15. The number of hydrogen-bond acceptors (Lipinski definition) is 3. The Kier molecular flexibility index (Phi) is 3.23. The summed E-state index contributed by atoms with van der Waals surface area (Å²) in [7, 11) is 0. The predicted molar refractivity (Wildman–Crippen MR) is 81.9 cm³/mol. The van der Waals surface area contributed by atoms with Crippen LogP contribution in [0.1, 0.15) is 21.6 Å². The molecule has 3 rings (SSSR count). The Morgan fingerprint density at radius 1 is 1.35 bits per heavy atom. The number of amides is 1. The van der Waals surface area contributed by atoms with Crippen molar-refractivity contribution in [3.8, 4) is 0 Å². The summed E-state index contributed by atoms with van der Waals surface area (Å²) >= 11 is 7.50. The fourth-order valence-corrected chi connectivity index (χ4v) is 3.17. The van der Waals surface area contributed by atoms with E-state index in [0.717, 1.165) is 16.8 Å². The van der Waals surface area contributed by atoms with Gasteiger partial charge in [0.05, 0.1) is 0 Å². The molecule has 0 fully saturated rings. The molecule has 1 amide bonds. The van der Waals surface area contributed by atoms with E-state index in [9.17, 15) is 4.79 Å². The van der Waals surface area contributed by atoms with E-state index >= 15 is 0 Å². The summed E-state index contributed by atoms with van der Waals surface area (Å²) in [5.74, 6) is -0.252. The van der Waals surface area contributed by atoms with Crippen molar-refractivity contribution in [2.24, 2.45) is 0 Å². The molecule has 0 aliphatic carbocycles. The molecule has 3 aromatic rings. The zero-order valence-electron chi connectivity index (χ0n) is 11.0. The molecular formula is C14H12ClN3OS. The van der Waals surface area contributed by atoms with Gasteiger partial charge in [-0.2, -0.15) is 0 Å². The highest BCUT2D eigenvalue weighted by atomic mass is 35.5. The Morgan fingerprint density at radius 3 is 2.75 bits per heavy atom. The molecule has 20 heavy (non-hydrogen) atoms. The molecule has 4 nitrogen and oxygen atoms in total. The second-order valence-corrected chi connectivity index (χ2v) is 5.76. The van der Waals surface area contributed by atoms with Crippen LogP contribution in [-0.4, -0.2) is 15.3 Å². The van der Waals surface area contributed by atoms with Gasteiger partial charge < -0.3 is 5.32 Å². The van der Waals surface area contributed by atoms with Gasteiger partial charge in [-0.05, 0) is 25.0 Å². The van der Waals surface area contributed by atoms with Crippen LogP contribution >= 0.6 is 22.9 Å². The van der Waals surface area contributed by atoms with E-state index in [0.29, 0.717) is 10.7 Å². The minimum Gasteiger partial charge on any atom is -0.320 e. The number of nitrogens with zero attached hydrogens (tertiary/aromatic N) is 2. The Hall–Kier alpha value is -1.85. The second kappa shape index (κ2) is 4.92. The number of carbonyl (C=O) groups is 1. The van der Waals surface area contributed by atoms with E-state index < -0.39 is 0 Å². The van der Waals surface area contributed by atoms with Crippen LogP contribution in [0.25, 0.3) is 4.96 Å². The number of fused-ring (bicyclic) bond motifs is 1. The first-order chi connectivity index (χ1) is 9.58. The number of anilines is 1. The van der Waals surface area contributed by atoms with Crippen molar-refractivity contribution in [3.63, 3.8) is 0 Å². The van der Waals surface area contributed by atoms with Gasteiger partial charge in [0.15, 0.2) is 15.8 Å². The number of rotatable bonds is 2. The molecule has 0 spiro atoms. The van der Waals surface area contributed by atoms with Crippen LogP contribution in [0.3, 0.4) is 0 Å². The van der Waals surface area contributed by atoms with Crippen LogP contribution in [0.5, 0.6) is 0 Å². The van der Waals surface area contributed by atoms with Crippen LogP contribution in [0.2, 0.25) is 5.15 Å². The number of carbonyl (C=O) groups excluding carboxylic acids is 1. The van der Waals surface area contributed by atoms with Crippen molar-refractivity contribution in [2.45, 2.75) is 13.8 Å². The molecule has 1 N–H and O–H groups in total. The van der Waals surface area contributed by atoms with E-state index in [2.05, 4.69) is 10.3 Å². The lowest BCUT2D eigenvalue weighted by atomic mass is 10.1. The normalized spacial score (nSPS) is 10.9. The van der Waals surface area contributed by atoms with Gasteiger partial charge in [0, 0.05) is 17.3 Å². The van der Waals surface area contributed by atoms with Gasteiger partial charge in [-0.25, -0.2) is 4.98 Å². The van der Waals surface area contributed by atoms with Crippen LogP contribution in [0.15, 0.2) is 29.8 Å². The molecule has 0 saturated carbocycles.